The standard InChI is InChI=1S/C29H29ClN4O/c1-3-27-26(18-21-8-12-25(30)13-9-21)28(32-20(2)31-27)33-14-16-34(17-15-33)29(35)24-11-10-22-6-4-5-7-23(22)19-24/h4-13,19H,3,14-18H2,1-2H3. The number of fused-ring (bicyclic) bond motifs is 1. The Labute approximate surface area is 211 Å². The minimum Gasteiger partial charge on any atom is -0.353 e. The van der Waals surface area contributed by atoms with Gasteiger partial charge in [-0.25, -0.2) is 9.97 Å². The van der Waals surface area contributed by atoms with Gasteiger partial charge in [0.05, 0.1) is 0 Å². The minimum atomic E-state index is 0.0879. The van der Waals surface area contributed by atoms with E-state index in [0.717, 1.165) is 70.2 Å². The molecule has 178 valence electrons. The van der Waals surface area contributed by atoms with Crippen LogP contribution in [0.25, 0.3) is 10.8 Å². The summed E-state index contributed by atoms with van der Waals surface area (Å²) in [6, 6.07) is 22.1. The number of hydrogen-bond donors (Lipinski definition) is 0. The normalized spacial score (nSPS) is 13.9. The average molecular weight is 485 g/mol. The van der Waals surface area contributed by atoms with E-state index in [2.05, 4.69) is 36.1 Å². The van der Waals surface area contributed by atoms with Gasteiger partial charge in [0.2, 0.25) is 0 Å². The van der Waals surface area contributed by atoms with E-state index >= 15 is 0 Å². The first-order valence-corrected chi connectivity index (χ1v) is 12.5. The third kappa shape index (κ3) is 5.01. The molecule has 0 aliphatic carbocycles. The number of halogens is 1. The Kier molecular flexibility index (Phi) is 6.69. The lowest BCUT2D eigenvalue weighted by molar-refractivity contribution is 0.0746. The molecule has 0 spiro atoms. The Morgan fingerprint density at radius 3 is 2.34 bits per heavy atom. The molecule has 0 unspecified atom stereocenters. The summed E-state index contributed by atoms with van der Waals surface area (Å²) in [5.74, 6) is 1.86. The van der Waals surface area contributed by atoms with Gasteiger partial charge in [0, 0.05) is 54.4 Å². The maximum atomic E-state index is 13.2. The molecule has 5 nitrogen and oxygen atoms in total. The van der Waals surface area contributed by atoms with Gasteiger partial charge in [0.25, 0.3) is 5.91 Å². The zero-order valence-corrected chi connectivity index (χ0v) is 20.9. The first-order valence-electron chi connectivity index (χ1n) is 12.2. The van der Waals surface area contributed by atoms with Crippen molar-refractivity contribution in [2.24, 2.45) is 0 Å². The maximum Gasteiger partial charge on any atom is 0.253 e. The summed E-state index contributed by atoms with van der Waals surface area (Å²) in [5.41, 5.74) is 4.17. The zero-order chi connectivity index (χ0) is 24.4. The van der Waals surface area contributed by atoms with Crippen molar-refractivity contribution < 1.29 is 4.79 Å². The number of hydrogen-bond acceptors (Lipinski definition) is 4. The van der Waals surface area contributed by atoms with Gasteiger partial charge in [-0.1, -0.05) is 61.0 Å². The van der Waals surface area contributed by atoms with Gasteiger partial charge < -0.3 is 9.80 Å². The van der Waals surface area contributed by atoms with Gasteiger partial charge in [0.15, 0.2) is 0 Å². The van der Waals surface area contributed by atoms with E-state index in [0.29, 0.717) is 13.1 Å². The molecular formula is C29H29ClN4O. The van der Waals surface area contributed by atoms with Crippen LogP contribution in [-0.2, 0) is 12.8 Å². The van der Waals surface area contributed by atoms with Gasteiger partial charge >= 0.3 is 0 Å². The van der Waals surface area contributed by atoms with Crippen LogP contribution in [0.1, 0.15) is 39.9 Å². The van der Waals surface area contributed by atoms with Crippen LogP contribution in [0, 0.1) is 6.92 Å². The van der Waals surface area contributed by atoms with Crippen molar-refractivity contribution >= 4 is 34.1 Å². The van der Waals surface area contributed by atoms with Crippen LogP contribution in [-0.4, -0.2) is 47.0 Å². The summed E-state index contributed by atoms with van der Waals surface area (Å²) in [4.78, 5) is 27.1. The largest absolute Gasteiger partial charge is 0.353 e. The van der Waals surface area contributed by atoms with Crippen LogP contribution >= 0.6 is 11.6 Å². The van der Waals surface area contributed by atoms with Gasteiger partial charge in [-0.2, -0.15) is 0 Å². The van der Waals surface area contributed by atoms with Gasteiger partial charge in [-0.05, 0) is 53.9 Å². The predicted molar refractivity (Wildman–Crippen MR) is 142 cm³/mol. The second-order valence-corrected chi connectivity index (χ2v) is 9.45. The molecule has 0 atom stereocenters. The molecule has 0 bridgehead atoms. The van der Waals surface area contributed by atoms with Crippen LogP contribution < -0.4 is 4.90 Å². The maximum absolute atomic E-state index is 13.2. The molecule has 5 rings (SSSR count). The van der Waals surface area contributed by atoms with Crippen molar-refractivity contribution in [1.82, 2.24) is 14.9 Å². The second kappa shape index (κ2) is 10.0. The molecule has 1 aliphatic rings. The molecular weight excluding hydrogens is 456 g/mol. The van der Waals surface area contributed by atoms with E-state index in [9.17, 15) is 4.79 Å². The molecule has 2 heterocycles. The monoisotopic (exact) mass is 484 g/mol. The molecule has 1 aromatic heterocycles. The molecule has 6 heteroatoms. The van der Waals surface area contributed by atoms with Crippen molar-refractivity contribution in [3.8, 4) is 0 Å². The van der Waals surface area contributed by atoms with Crippen molar-refractivity contribution in [2.45, 2.75) is 26.7 Å². The summed E-state index contributed by atoms with van der Waals surface area (Å²) in [6.07, 6.45) is 1.60. The highest BCUT2D eigenvalue weighted by Crippen LogP contribution is 2.27. The Morgan fingerprint density at radius 1 is 0.914 bits per heavy atom. The number of nitrogens with zero attached hydrogens (tertiary/aromatic N) is 4. The molecule has 0 N–H and O–H groups in total. The van der Waals surface area contributed by atoms with Gasteiger partial charge in [-0.3, -0.25) is 4.79 Å². The van der Waals surface area contributed by atoms with Crippen LogP contribution in [0.4, 0.5) is 5.82 Å². The summed E-state index contributed by atoms with van der Waals surface area (Å²) in [6.45, 7) is 6.90. The van der Waals surface area contributed by atoms with Gasteiger partial charge in [0.1, 0.15) is 11.6 Å². The SMILES string of the molecule is CCc1nc(C)nc(N2CCN(C(=O)c3ccc4ccccc4c3)CC2)c1Cc1ccc(Cl)cc1. The topological polar surface area (TPSA) is 49.3 Å². The Bertz CT molecular complexity index is 1360. The number of carbonyl (C=O) groups excluding carboxylic acids is 1. The van der Waals surface area contributed by atoms with Crippen molar-refractivity contribution in [3.05, 3.63) is 100.0 Å². The molecule has 1 fully saturated rings. The number of anilines is 1. The van der Waals surface area contributed by atoms with E-state index in [1.165, 1.54) is 5.56 Å². The lowest BCUT2D eigenvalue weighted by Crippen LogP contribution is -2.49. The lowest BCUT2D eigenvalue weighted by atomic mass is 10.0. The number of amides is 1. The molecule has 1 aliphatic heterocycles. The lowest BCUT2D eigenvalue weighted by Gasteiger charge is -2.36. The number of rotatable bonds is 5. The highest BCUT2D eigenvalue weighted by atomic mass is 35.5. The first-order chi connectivity index (χ1) is 17.0. The molecule has 1 amide bonds. The van der Waals surface area contributed by atoms with Crippen molar-refractivity contribution in [3.63, 3.8) is 0 Å². The van der Waals surface area contributed by atoms with E-state index in [1.807, 2.05) is 54.3 Å². The van der Waals surface area contributed by atoms with E-state index in [1.54, 1.807) is 0 Å². The fourth-order valence-electron chi connectivity index (χ4n) is 4.81. The smallest absolute Gasteiger partial charge is 0.253 e. The quantitative estimate of drug-likeness (QED) is 0.364. The number of piperazine rings is 1. The molecule has 4 aromatic rings. The Morgan fingerprint density at radius 2 is 1.63 bits per heavy atom. The molecule has 3 aromatic carbocycles. The number of carbonyl (C=O) groups is 1. The predicted octanol–water partition coefficient (Wildman–Crippen LogP) is 5.71. The Balaban J connectivity index is 1.35. The van der Waals surface area contributed by atoms with Crippen molar-refractivity contribution in [2.75, 3.05) is 31.1 Å². The molecule has 1 saturated heterocycles. The van der Waals surface area contributed by atoms with E-state index < -0.39 is 0 Å². The minimum absolute atomic E-state index is 0.0879. The zero-order valence-electron chi connectivity index (χ0n) is 20.2. The highest BCUT2D eigenvalue weighted by molar-refractivity contribution is 6.30. The van der Waals surface area contributed by atoms with E-state index in [-0.39, 0.29) is 5.91 Å². The number of aromatic nitrogens is 2. The summed E-state index contributed by atoms with van der Waals surface area (Å²) in [5, 5.41) is 2.97. The van der Waals surface area contributed by atoms with Crippen LogP contribution in [0.15, 0.2) is 66.7 Å². The first kappa shape index (κ1) is 23.3. The second-order valence-electron chi connectivity index (χ2n) is 9.02. The summed E-state index contributed by atoms with van der Waals surface area (Å²) < 4.78 is 0. The van der Waals surface area contributed by atoms with E-state index in [4.69, 9.17) is 21.6 Å². The summed E-state index contributed by atoms with van der Waals surface area (Å²) >= 11 is 6.09. The van der Waals surface area contributed by atoms with Crippen LogP contribution in [0.2, 0.25) is 5.02 Å². The highest BCUT2D eigenvalue weighted by Gasteiger charge is 2.26. The molecule has 0 saturated carbocycles. The van der Waals surface area contributed by atoms with Crippen LogP contribution in [0.3, 0.4) is 0 Å². The number of aryl methyl sites for hydroxylation is 2. The molecule has 35 heavy (non-hydrogen) atoms. The fourth-order valence-corrected chi connectivity index (χ4v) is 4.93. The Hall–Kier alpha value is -3.44. The van der Waals surface area contributed by atoms with Gasteiger partial charge in [-0.15, -0.1) is 0 Å². The van der Waals surface area contributed by atoms with Crippen molar-refractivity contribution in [1.29, 1.82) is 0 Å². The summed E-state index contributed by atoms with van der Waals surface area (Å²) in [7, 11) is 0. The average Bonchev–Trinajstić information content (AvgIpc) is 2.90. The third-order valence-electron chi connectivity index (χ3n) is 6.67. The third-order valence-corrected chi connectivity index (χ3v) is 6.93. The molecule has 0 radical (unpaired) electrons. The van der Waals surface area contributed by atoms with Crippen LogP contribution in [0.5, 0.6) is 0 Å². The number of benzene rings is 3. The fraction of sp³-hybridized carbons (Fsp3) is 0.276.